The summed E-state index contributed by atoms with van der Waals surface area (Å²) in [7, 11) is -3.79. The molecule has 0 spiro atoms. The van der Waals surface area contributed by atoms with E-state index in [0.29, 0.717) is 18.7 Å². The molecule has 1 aromatic rings. The molecule has 0 unspecified atom stereocenters. The Balaban J connectivity index is 1.47. The van der Waals surface area contributed by atoms with Crippen molar-refractivity contribution in [1.29, 1.82) is 0 Å². The first-order valence-corrected chi connectivity index (χ1v) is 11.7. The van der Waals surface area contributed by atoms with Crippen LogP contribution < -0.4 is 16.0 Å². The molecule has 1 aliphatic heterocycles. The number of carbonyl (C=O) groups is 3. The van der Waals surface area contributed by atoms with Gasteiger partial charge in [-0.05, 0) is 37.1 Å². The van der Waals surface area contributed by atoms with Crippen molar-refractivity contribution >= 4 is 27.7 Å². The van der Waals surface area contributed by atoms with E-state index in [1.807, 2.05) is 0 Å². The lowest BCUT2D eigenvalue weighted by molar-refractivity contribution is -0.126. The third-order valence-electron chi connectivity index (χ3n) is 5.44. The molecule has 3 amide bonds. The number of carbonyl (C=O) groups excluding carboxylic acids is 3. The molecule has 3 N–H and O–H groups in total. The molecule has 9 nitrogen and oxygen atoms in total. The fourth-order valence-corrected chi connectivity index (χ4v) is 5.12. The van der Waals surface area contributed by atoms with E-state index in [0.717, 1.165) is 30.0 Å². The number of hydrogen-bond donors (Lipinski definition) is 3. The van der Waals surface area contributed by atoms with Gasteiger partial charge in [0.15, 0.2) is 0 Å². The zero-order valence-corrected chi connectivity index (χ0v) is 17.7. The normalized spacial score (nSPS) is 18.5. The Morgan fingerprint density at radius 1 is 1.03 bits per heavy atom. The second kappa shape index (κ2) is 10.0. The highest BCUT2D eigenvalue weighted by molar-refractivity contribution is 7.89. The van der Waals surface area contributed by atoms with Crippen molar-refractivity contribution in [2.45, 2.75) is 37.0 Å². The standard InChI is InChI=1S/C20H28N4O5S/c25-18-14-24(13-12-21-18)30(28,29)17-8-6-16(7-9-17)20(27)23-11-10-22-19(26)15-4-2-1-3-5-15/h6-9,15H,1-5,10-14H2,(H,21,25)(H,22,26)(H,23,27). The van der Waals surface area contributed by atoms with Crippen molar-refractivity contribution in [1.82, 2.24) is 20.3 Å². The fraction of sp³-hybridized carbons (Fsp3) is 0.550. The van der Waals surface area contributed by atoms with Gasteiger partial charge < -0.3 is 16.0 Å². The predicted octanol–water partition coefficient (Wildman–Crippen LogP) is 0.233. The van der Waals surface area contributed by atoms with Crippen molar-refractivity contribution in [2.75, 3.05) is 32.7 Å². The largest absolute Gasteiger partial charge is 0.354 e. The molecule has 10 heteroatoms. The summed E-state index contributed by atoms with van der Waals surface area (Å²) < 4.78 is 26.4. The van der Waals surface area contributed by atoms with Gasteiger partial charge in [-0.2, -0.15) is 4.31 Å². The summed E-state index contributed by atoms with van der Waals surface area (Å²) in [5, 5.41) is 8.16. The molecule has 30 heavy (non-hydrogen) atoms. The molecule has 164 valence electrons. The maximum atomic E-state index is 12.6. The van der Waals surface area contributed by atoms with Gasteiger partial charge in [-0.1, -0.05) is 19.3 Å². The minimum absolute atomic E-state index is 0.0356. The molecule has 3 rings (SSSR count). The summed E-state index contributed by atoms with van der Waals surface area (Å²) in [6.07, 6.45) is 5.22. The molecule has 1 saturated heterocycles. The van der Waals surface area contributed by atoms with Crippen molar-refractivity contribution in [3.8, 4) is 0 Å². The third-order valence-corrected chi connectivity index (χ3v) is 7.30. The molecule has 0 radical (unpaired) electrons. The number of rotatable bonds is 7. The highest BCUT2D eigenvalue weighted by Gasteiger charge is 2.29. The van der Waals surface area contributed by atoms with Gasteiger partial charge in [0.25, 0.3) is 5.91 Å². The van der Waals surface area contributed by atoms with Crippen LogP contribution in [0.1, 0.15) is 42.5 Å². The highest BCUT2D eigenvalue weighted by Crippen LogP contribution is 2.23. The lowest BCUT2D eigenvalue weighted by Crippen LogP contribution is -2.49. The monoisotopic (exact) mass is 436 g/mol. The predicted molar refractivity (Wildman–Crippen MR) is 110 cm³/mol. The summed E-state index contributed by atoms with van der Waals surface area (Å²) in [6, 6.07) is 5.60. The van der Waals surface area contributed by atoms with Gasteiger partial charge in [-0.25, -0.2) is 8.42 Å². The van der Waals surface area contributed by atoms with Crippen LogP contribution in [0.15, 0.2) is 29.2 Å². The van der Waals surface area contributed by atoms with Gasteiger partial charge in [-0.15, -0.1) is 0 Å². The lowest BCUT2D eigenvalue weighted by Gasteiger charge is -2.25. The SMILES string of the molecule is O=C1CN(S(=O)(=O)c2ccc(C(=O)NCCNC(=O)C3CCCCC3)cc2)CCN1. The second-order valence-electron chi connectivity index (χ2n) is 7.59. The van der Waals surface area contributed by atoms with Crippen LogP contribution in [0.2, 0.25) is 0 Å². The lowest BCUT2D eigenvalue weighted by atomic mass is 9.89. The van der Waals surface area contributed by atoms with Gasteiger partial charge in [0, 0.05) is 37.7 Å². The van der Waals surface area contributed by atoms with Crippen molar-refractivity contribution in [2.24, 2.45) is 5.92 Å². The van der Waals surface area contributed by atoms with Crippen LogP contribution in [0.3, 0.4) is 0 Å². The number of nitrogens with zero attached hydrogens (tertiary/aromatic N) is 1. The Morgan fingerprint density at radius 2 is 1.70 bits per heavy atom. The van der Waals surface area contributed by atoms with Crippen molar-refractivity contribution < 1.29 is 22.8 Å². The maximum Gasteiger partial charge on any atom is 0.251 e. The van der Waals surface area contributed by atoms with Crippen LogP contribution in [-0.2, 0) is 19.6 Å². The summed E-state index contributed by atoms with van der Waals surface area (Å²) in [6.45, 7) is 0.917. The first-order valence-electron chi connectivity index (χ1n) is 10.3. The molecule has 1 saturated carbocycles. The number of benzene rings is 1. The molecule has 0 aromatic heterocycles. The number of nitrogens with one attached hydrogen (secondary N) is 3. The van der Waals surface area contributed by atoms with Crippen LogP contribution in [0.4, 0.5) is 0 Å². The van der Waals surface area contributed by atoms with E-state index in [-0.39, 0.29) is 48.2 Å². The van der Waals surface area contributed by atoms with Gasteiger partial charge in [0.2, 0.25) is 21.8 Å². The molecule has 1 aliphatic carbocycles. The number of piperazine rings is 1. The Morgan fingerprint density at radius 3 is 2.37 bits per heavy atom. The Kier molecular flexibility index (Phi) is 7.43. The van der Waals surface area contributed by atoms with E-state index in [4.69, 9.17) is 0 Å². The maximum absolute atomic E-state index is 12.6. The van der Waals surface area contributed by atoms with E-state index in [1.165, 1.54) is 30.7 Å². The summed E-state index contributed by atoms with van der Waals surface area (Å²) >= 11 is 0. The van der Waals surface area contributed by atoms with Crippen LogP contribution in [0.25, 0.3) is 0 Å². The molecule has 1 aromatic carbocycles. The summed E-state index contributed by atoms with van der Waals surface area (Å²) in [5.74, 6) is -0.556. The highest BCUT2D eigenvalue weighted by atomic mass is 32.2. The summed E-state index contributed by atoms with van der Waals surface area (Å²) in [4.78, 5) is 35.8. The van der Waals surface area contributed by atoms with Crippen LogP contribution >= 0.6 is 0 Å². The first-order chi connectivity index (χ1) is 14.4. The van der Waals surface area contributed by atoms with E-state index in [2.05, 4.69) is 16.0 Å². The molecular weight excluding hydrogens is 408 g/mol. The van der Waals surface area contributed by atoms with E-state index in [9.17, 15) is 22.8 Å². The molecular formula is C20H28N4O5S. The average molecular weight is 437 g/mol. The molecule has 2 aliphatic rings. The van der Waals surface area contributed by atoms with Gasteiger partial charge in [-0.3, -0.25) is 14.4 Å². The minimum Gasteiger partial charge on any atom is -0.354 e. The molecule has 2 fully saturated rings. The average Bonchev–Trinajstić information content (AvgIpc) is 2.77. The van der Waals surface area contributed by atoms with Gasteiger partial charge in [0.1, 0.15) is 0 Å². The molecule has 0 bridgehead atoms. The topological polar surface area (TPSA) is 125 Å². The number of amides is 3. The van der Waals surface area contributed by atoms with Crippen molar-refractivity contribution in [3.05, 3.63) is 29.8 Å². The summed E-state index contributed by atoms with van der Waals surface area (Å²) in [5.41, 5.74) is 0.323. The van der Waals surface area contributed by atoms with E-state index >= 15 is 0 Å². The zero-order valence-electron chi connectivity index (χ0n) is 16.9. The second-order valence-corrected chi connectivity index (χ2v) is 9.53. The Labute approximate surface area is 176 Å². The van der Waals surface area contributed by atoms with Crippen molar-refractivity contribution in [3.63, 3.8) is 0 Å². The van der Waals surface area contributed by atoms with E-state index in [1.54, 1.807) is 0 Å². The minimum atomic E-state index is -3.79. The fourth-order valence-electron chi connectivity index (χ4n) is 3.72. The first kappa shape index (κ1) is 22.2. The molecule has 1 heterocycles. The van der Waals surface area contributed by atoms with Gasteiger partial charge in [0.05, 0.1) is 11.4 Å². The van der Waals surface area contributed by atoms with Gasteiger partial charge >= 0.3 is 0 Å². The smallest absolute Gasteiger partial charge is 0.251 e. The Bertz CT molecular complexity index is 879. The van der Waals surface area contributed by atoms with Crippen LogP contribution in [-0.4, -0.2) is 63.2 Å². The zero-order chi connectivity index (χ0) is 21.6. The molecule has 0 atom stereocenters. The third kappa shape index (κ3) is 5.57. The van der Waals surface area contributed by atoms with Crippen LogP contribution in [0, 0.1) is 5.92 Å². The Hall–Kier alpha value is -2.46. The number of sulfonamides is 1. The quantitative estimate of drug-likeness (QED) is 0.528. The van der Waals surface area contributed by atoms with E-state index < -0.39 is 10.0 Å². The number of hydrogen-bond acceptors (Lipinski definition) is 5. The van der Waals surface area contributed by atoms with Crippen LogP contribution in [0.5, 0.6) is 0 Å².